The van der Waals surface area contributed by atoms with Gasteiger partial charge in [-0.05, 0) is 12.1 Å². The van der Waals surface area contributed by atoms with E-state index in [0.717, 1.165) is 11.5 Å². The number of rotatable bonds is 3. The van der Waals surface area contributed by atoms with Gasteiger partial charge in [0.2, 0.25) is 0 Å². The number of nitrogens with one attached hydrogen (secondary N) is 1. The van der Waals surface area contributed by atoms with Crippen LogP contribution in [0.1, 0.15) is 0 Å². The van der Waals surface area contributed by atoms with Gasteiger partial charge in [0.25, 0.3) is 5.19 Å². The van der Waals surface area contributed by atoms with E-state index in [-0.39, 0.29) is 0 Å². The molecule has 0 unspecified atom stereocenters. The molecule has 0 aliphatic rings. The Hall–Kier alpha value is -1.55. The Morgan fingerprint density at radius 2 is 2.07 bits per heavy atom. The molecule has 0 saturated heterocycles. The van der Waals surface area contributed by atoms with E-state index in [1.165, 1.54) is 11.3 Å². The first-order chi connectivity index (χ1) is 6.88. The molecular formula is C10H10N2OS. The number of para-hydroxylation sites is 1. The normalized spacial score (nSPS) is 9.79. The minimum Gasteiger partial charge on any atom is -0.473 e. The molecule has 2 rings (SSSR count). The highest BCUT2D eigenvalue weighted by Gasteiger charge is 2.00. The van der Waals surface area contributed by atoms with Gasteiger partial charge < -0.3 is 10.1 Å². The molecule has 72 valence electrons. The third kappa shape index (κ3) is 2.03. The highest BCUT2D eigenvalue weighted by Crippen LogP contribution is 2.23. The second kappa shape index (κ2) is 4.11. The van der Waals surface area contributed by atoms with Gasteiger partial charge in [0.15, 0.2) is 0 Å². The summed E-state index contributed by atoms with van der Waals surface area (Å²) in [5.74, 6) is 0.818. The number of hydrogen-bond donors (Lipinski definition) is 1. The van der Waals surface area contributed by atoms with Crippen molar-refractivity contribution in [3.8, 4) is 5.19 Å². The maximum Gasteiger partial charge on any atom is 0.274 e. The summed E-state index contributed by atoms with van der Waals surface area (Å²) in [6, 6.07) is 9.92. The van der Waals surface area contributed by atoms with E-state index < -0.39 is 0 Å². The summed E-state index contributed by atoms with van der Waals surface area (Å²) in [7, 11) is 1.62. The lowest BCUT2D eigenvalue weighted by Crippen LogP contribution is -1.89. The van der Waals surface area contributed by atoms with Gasteiger partial charge in [-0.2, -0.15) is 4.98 Å². The highest BCUT2D eigenvalue weighted by molar-refractivity contribution is 7.11. The molecule has 0 aliphatic heterocycles. The zero-order chi connectivity index (χ0) is 9.80. The van der Waals surface area contributed by atoms with E-state index in [2.05, 4.69) is 10.3 Å². The van der Waals surface area contributed by atoms with Crippen LogP contribution in [0.15, 0.2) is 35.7 Å². The van der Waals surface area contributed by atoms with Crippen LogP contribution in [0.4, 0.5) is 11.5 Å². The van der Waals surface area contributed by atoms with Crippen molar-refractivity contribution in [1.82, 2.24) is 4.98 Å². The molecule has 0 amide bonds. The van der Waals surface area contributed by atoms with Crippen LogP contribution in [0.2, 0.25) is 0 Å². The third-order valence-corrected chi connectivity index (χ3v) is 2.50. The van der Waals surface area contributed by atoms with Gasteiger partial charge >= 0.3 is 0 Å². The largest absolute Gasteiger partial charge is 0.473 e. The zero-order valence-corrected chi connectivity index (χ0v) is 8.54. The van der Waals surface area contributed by atoms with Gasteiger partial charge in [0, 0.05) is 11.1 Å². The molecular weight excluding hydrogens is 196 g/mol. The van der Waals surface area contributed by atoms with E-state index in [1.54, 1.807) is 7.11 Å². The molecule has 1 heterocycles. The topological polar surface area (TPSA) is 34.1 Å². The molecule has 2 aromatic rings. The molecule has 0 fully saturated rings. The summed E-state index contributed by atoms with van der Waals surface area (Å²) in [4.78, 5) is 4.21. The standard InChI is InChI=1S/C10H10N2OS/c1-13-10-12-9(7-14-10)11-8-5-3-2-4-6-8/h2-7,11H,1H3. The number of ether oxygens (including phenoxy) is 1. The van der Waals surface area contributed by atoms with Gasteiger partial charge in [-0.25, -0.2) is 0 Å². The van der Waals surface area contributed by atoms with Crippen molar-refractivity contribution in [2.24, 2.45) is 0 Å². The molecule has 0 aliphatic carbocycles. The van der Waals surface area contributed by atoms with Crippen LogP contribution in [0, 0.1) is 0 Å². The zero-order valence-electron chi connectivity index (χ0n) is 7.73. The number of methoxy groups -OCH3 is 1. The third-order valence-electron chi connectivity index (χ3n) is 1.70. The predicted octanol–water partition coefficient (Wildman–Crippen LogP) is 2.90. The van der Waals surface area contributed by atoms with Crippen molar-refractivity contribution >= 4 is 22.8 Å². The van der Waals surface area contributed by atoms with Gasteiger partial charge in [0.1, 0.15) is 5.82 Å². The fraction of sp³-hybridized carbons (Fsp3) is 0.100. The van der Waals surface area contributed by atoms with E-state index in [0.29, 0.717) is 5.19 Å². The number of nitrogens with zero attached hydrogens (tertiary/aromatic N) is 1. The fourth-order valence-electron chi connectivity index (χ4n) is 1.08. The summed E-state index contributed by atoms with van der Waals surface area (Å²) in [6.45, 7) is 0. The Morgan fingerprint density at radius 1 is 1.29 bits per heavy atom. The molecule has 3 nitrogen and oxygen atoms in total. The van der Waals surface area contributed by atoms with Crippen LogP contribution in [-0.4, -0.2) is 12.1 Å². The number of thiazole rings is 1. The van der Waals surface area contributed by atoms with Crippen LogP contribution >= 0.6 is 11.3 Å². The van der Waals surface area contributed by atoms with Crippen molar-refractivity contribution in [2.75, 3.05) is 12.4 Å². The summed E-state index contributed by atoms with van der Waals surface area (Å²) in [6.07, 6.45) is 0. The molecule has 1 aromatic carbocycles. The Balaban J connectivity index is 2.11. The molecule has 4 heteroatoms. The predicted molar refractivity (Wildman–Crippen MR) is 58.4 cm³/mol. The maximum absolute atomic E-state index is 5.00. The summed E-state index contributed by atoms with van der Waals surface area (Å²) in [5.41, 5.74) is 1.03. The van der Waals surface area contributed by atoms with Gasteiger partial charge in [-0.1, -0.05) is 29.5 Å². The van der Waals surface area contributed by atoms with Crippen molar-refractivity contribution in [1.29, 1.82) is 0 Å². The van der Waals surface area contributed by atoms with E-state index in [1.807, 2.05) is 35.7 Å². The highest BCUT2D eigenvalue weighted by atomic mass is 32.1. The summed E-state index contributed by atoms with van der Waals surface area (Å²) < 4.78 is 5.00. The number of aromatic nitrogens is 1. The van der Waals surface area contributed by atoms with Crippen molar-refractivity contribution < 1.29 is 4.74 Å². The molecule has 0 radical (unpaired) electrons. The maximum atomic E-state index is 5.00. The van der Waals surface area contributed by atoms with Crippen LogP contribution in [0.5, 0.6) is 5.19 Å². The second-order valence-corrected chi connectivity index (χ2v) is 3.51. The number of hydrogen-bond acceptors (Lipinski definition) is 4. The minimum absolute atomic E-state index is 0.670. The van der Waals surface area contributed by atoms with Crippen molar-refractivity contribution in [3.63, 3.8) is 0 Å². The van der Waals surface area contributed by atoms with Crippen molar-refractivity contribution in [3.05, 3.63) is 35.7 Å². The van der Waals surface area contributed by atoms with Crippen LogP contribution < -0.4 is 10.1 Å². The number of benzene rings is 1. The average Bonchev–Trinajstić information content (AvgIpc) is 2.67. The molecule has 0 atom stereocenters. The minimum atomic E-state index is 0.670. The smallest absolute Gasteiger partial charge is 0.274 e. The first-order valence-electron chi connectivity index (χ1n) is 4.20. The first-order valence-corrected chi connectivity index (χ1v) is 5.08. The van der Waals surface area contributed by atoms with Crippen LogP contribution in [-0.2, 0) is 0 Å². The lowest BCUT2D eigenvalue weighted by Gasteiger charge is -2.00. The van der Waals surface area contributed by atoms with Gasteiger partial charge in [-0.15, -0.1) is 0 Å². The molecule has 1 N–H and O–H groups in total. The second-order valence-electron chi connectivity index (χ2n) is 2.69. The Morgan fingerprint density at radius 3 is 2.71 bits per heavy atom. The van der Waals surface area contributed by atoms with Crippen LogP contribution in [0.3, 0.4) is 0 Å². The molecule has 14 heavy (non-hydrogen) atoms. The fourth-order valence-corrected chi connectivity index (χ4v) is 1.65. The summed E-state index contributed by atoms with van der Waals surface area (Å²) in [5, 5.41) is 5.77. The van der Waals surface area contributed by atoms with Crippen molar-refractivity contribution in [2.45, 2.75) is 0 Å². The molecule has 1 aromatic heterocycles. The monoisotopic (exact) mass is 206 g/mol. The van der Waals surface area contributed by atoms with Gasteiger partial charge in [-0.3, -0.25) is 0 Å². The Bertz CT molecular complexity index is 400. The average molecular weight is 206 g/mol. The molecule has 0 saturated carbocycles. The van der Waals surface area contributed by atoms with Gasteiger partial charge in [0.05, 0.1) is 7.11 Å². The SMILES string of the molecule is COc1nc(Nc2ccccc2)cs1. The van der Waals surface area contributed by atoms with E-state index in [4.69, 9.17) is 4.74 Å². The molecule has 0 spiro atoms. The van der Waals surface area contributed by atoms with Crippen LogP contribution in [0.25, 0.3) is 0 Å². The first kappa shape index (κ1) is 9.02. The van der Waals surface area contributed by atoms with E-state index >= 15 is 0 Å². The number of anilines is 2. The quantitative estimate of drug-likeness (QED) is 0.838. The summed E-state index contributed by atoms with van der Waals surface area (Å²) >= 11 is 1.47. The Labute approximate surface area is 86.4 Å². The lowest BCUT2D eigenvalue weighted by molar-refractivity contribution is 0.412. The van der Waals surface area contributed by atoms with E-state index in [9.17, 15) is 0 Å². The molecule has 0 bridgehead atoms. The Kier molecular flexibility index (Phi) is 2.65. The lowest BCUT2D eigenvalue weighted by atomic mass is 10.3.